The summed E-state index contributed by atoms with van der Waals surface area (Å²) < 4.78 is 0. The molecule has 0 atom stereocenters. The molecule has 0 saturated carbocycles. The zero-order chi connectivity index (χ0) is 16.0. The number of nitrogens with zero attached hydrogens (tertiary/aromatic N) is 1. The van der Waals surface area contributed by atoms with Gasteiger partial charge in [0.1, 0.15) is 0 Å². The number of H-pyrrole nitrogens is 1. The number of benzene rings is 2. The molecule has 4 rings (SSSR count). The highest BCUT2D eigenvalue weighted by Gasteiger charge is 2.34. The van der Waals surface area contributed by atoms with E-state index in [1.807, 2.05) is 0 Å². The summed E-state index contributed by atoms with van der Waals surface area (Å²) in [6.45, 7) is 10.0. The summed E-state index contributed by atoms with van der Waals surface area (Å²) in [6.07, 6.45) is 0. The van der Waals surface area contributed by atoms with Crippen molar-refractivity contribution in [2.24, 2.45) is 0 Å². The van der Waals surface area contributed by atoms with Gasteiger partial charge in [0.25, 0.3) is 0 Å². The molecule has 2 heterocycles. The van der Waals surface area contributed by atoms with E-state index in [1.165, 1.54) is 33.3 Å². The minimum Gasteiger partial charge on any atom is -0.358 e. The van der Waals surface area contributed by atoms with Crippen molar-refractivity contribution in [3.63, 3.8) is 0 Å². The van der Waals surface area contributed by atoms with Gasteiger partial charge >= 0.3 is 0 Å². The average Bonchev–Trinajstić information content (AvgIpc) is 2.87. The van der Waals surface area contributed by atoms with Crippen LogP contribution in [0.3, 0.4) is 0 Å². The Bertz CT molecular complexity index is 843. The molecular weight excluding hydrogens is 280 g/mol. The fourth-order valence-electron chi connectivity index (χ4n) is 3.97. The molecule has 1 N–H and O–H groups in total. The molecule has 0 spiro atoms. The van der Waals surface area contributed by atoms with Crippen molar-refractivity contribution >= 4 is 10.9 Å². The number of aromatic nitrogens is 1. The third-order valence-electron chi connectivity index (χ3n) is 4.99. The molecule has 2 nitrogen and oxygen atoms in total. The van der Waals surface area contributed by atoms with Crippen molar-refractivity contribution in [3.05, 3.63) is 70.9 Å². The highest BCUT2D eigenvalue weighted by Crippen LogP contribution is 2.38. The van der Waals surface area contributed by atoms with E-state index in [1.54, 1.807) is 0 Å². The van der Waals surface area contributed by atoms with Crippen molar-refractivity contribution in [2.45, 2.75) is 39.3 Å². The molecule has 1 aliphatic rings. The van der Waals surface area contributed by atoms with Gasteiger partial charge in [-0.15, -0.1) is 0 Å². The maximum absolute atomic E-state index is 3.69. The zero-order valence-electron chi connectivity index (χ0n) is 14.2. The summed E-state index contributed by atoms with van der Waals surface area (Å²) in [5.74, 6) is 0. The average molecular weight is 304 g/mol. The van der Waals surface area contributed by atoms with Gasteiger partial charge in [0, 0.05) is 41.6 Å². The van der Waals surface area contributed by atoms with Gasteiger partial charge in [-0.2, -0.15) is 0 Å². The summed E-state index contributed by atoms with van der Waals surface area (Å²) in [4.78, 5) is 6.27. The highest BCUT2D eigenvalue weighted by molar-refractivity contribution is 5.86. The Hall–Kier alpha value is -2.06. The van der Waals surface area contributed by atoms with Crippen LogP contribution >= 0.6 is 0 Å². The van der Waals surface area contributed by atoms with Crippen LogP contribution in [0.2, 0.25) is 0 Å². The summed E-state index contributed by atoms with van der Waals surface area (Å²) >= 11 is 0. The summed E-state index contributed by atoms with van der Waals surface area (Å²) in [6, 6.07) is 17.5. The van der Waals surface area contributed by atoms with Crippen LogP contribution in [-0.2, 0) is 18.5 Å². The SMILES string of the molecule is Cc1ccc2[nH]c3c(c2c1)CN(Cc1ccccc1)CC3(C)C. The molecule has 0 saturated heterocycles. The van der Waals surface area contributed by atoms with Gasteiger partial charge in [-0.1, -0.05) is 55.8 Å². The van der Waals surface area contributed by atoms with Crippen LogP contribution in [0.15, 0.2) is 48.5 Å². The Morgan fingerprint density at radius 2 is 1.87 bits per heavy atom. The van der Waals surface area contributed by atoms with Gasteiger partial charge in [-0.25, -0.2) is 0 Å². The molecule has 0 bridgehead atoms. The number of nitrogens with one attached hydrogen (secondary N) is 1. The fourth-order valence-corrected chi connectivity index (χ4v) is 3.97. The molecule has 0 amide bonds. The van der Waals surface area contributed by atoms with Gasteiger partial charge in [0.15, 0.2) is 0 Å². The van der Waals surface area contributed by atoms with Gasteiger partial charge in [0.2, 0.25) is 0 Å². The summed E-state index contributed by atoms with van der Waals surface area (Å²) in [5.41, 5.74) is 7.04. The monoisotopic (exact) mass is 304 g/mol. The molecule has 1 aliphatic heterocycles. The maximum Gasteiger partial charge on any atom is 0.0459 e. The van der Waals surface area contributed by atoms with Crippen LogP contribution in [0.4, 0.5) is 0 Å². The molecule has 0 aliphatic carbocycles. The predicted octanol–water partition coefficient (Wildman–Crippen LogP) is 4.77. The second kappa shape index (κ2) is 5.24. The molecule has 0 radical (unpaired) electrons. The molecule has 1 aromatic heterocycles. The summed E-state index contributed by atoms with van der Waals surface area (Å²) in [7, 11) is 0. The second-order valence-corrected chi connectivity index (χ2v) is 7.54. The van der Waals surface area contributed by atoms with Crippen molar-refractivity contribution in [1.82, 2.24) is 9.88 Å². The molecular formula is C21H24N2. The van der Waals surface area contributed by atoms with E-state index in [-0.39, 0.29) is 5.41 Å². The van der Waals surface area contributed by atoms with E-state index in [0.29, 0.717) is 0 Å². The Balaban J connectivity index is 1.75. The number of aryl methyl sites for hydroxylation is 1. The molecule has 0 fully saturated rings. The van der Waals surface area contributed by atoms with Crippen molar-refractivity contribution in [1.29, 1.82) is 0 Å². The number of rotatable bonds is 2. The molecule has 23 heavy (non-hydrogen) atoms. The van der Waals surface area contributed by atoms with Crippen molar-refractivity contribution < 1.29 is 0 Å². The first-order chi connectivity index (χ1) is 11.0. The van der Waals surface area contributed by atoms with Crippen molar-refractivity contribution in [2.75, 3.05) is 6.54 Å². The fraction of sp³-hybridized carbons (Fsp3) is 0.333. The third kappa shape index (κ3) is 2.57. The normalized spacial score (nSPS) is 17.3. The topological polar surface area (TPSA) is 19.0 Å². The Kier molecular flexibility index (Phi) is 3.31. The highest BCUT2D eigenvalue weighted by atomic mass is 15.1. The number of hydrogen-bond acceptors (Lipinski definition) is 1. The first-order valence-corrected chi connectivity index (χ1v) is 8.41. The lowest BCUT2D eigenvalue weighted by atomic mass is 9.82. The molecule has 3 aromatic rings. The Morgan fingerprint density at radius 1 is 1.09 bits per heavy atom. The van der Waals surface area contributed by atoms with E-state index < -0.39 is 0 Å². The minimum atomic E-state index is 0.148. The van der Waals surface area contributed by atoms with Crippen LogP contribution in [0.1, 0.15) is 36.2 Å². The molecule has 2 aromatic carbocycles. The van der Waals surface area contributed by atoms with Crippen LogP contribution in [0, 0.1) is 6.92 Å². The molecule has 0 unspecified atom stereocenters. The number of fused-ring (bicyclic) bond motifs is 3. The Labute approximate surface area is 138 Å². The van der Waals surface area contributed by atoms with Gasteiger partial charge in [0.05, 0.1) is 0 Å². The minimum absolute atomic E-state index is 0.148. The van der Waals surface area contributed by atoms with Crippen LogP contribution in [-0.4, -0.2) is 16.4 Å². The standard InChI is InChI=1S/C21H24N2/c1-15-9-10-19-17(11-15)18-13-23(12-16-7-5-4-6-8-16)14-21(2,3)20(18)22-19/h4-11,22H,12-14H2,1-3H3. The van der Waals surface area contributed by atoms with E-state index in [2.05, 4.69) is 79.2 Å². The van der Waals surface area contributed by atoms with Gasteiger partial charge < -0.3 is 4.98 Å². The predicted molar refractivity (Wildman–Crippen MR) is 96.6 cm³/mol. The van der Waals surface area contributed by atoms with E-state index in [9.17, 15) is 0 Å². The lowest BCUT2D eigenvalue weighted by Gasteiger charge is -2.38. The third-order valence-corrected chi connectivity index (χ3v) is 4.99. The van der Waals surface area contributed by atoms with E-state index >= 15 is 0 Å². The van der Waals surface area contributed by atoms with Gasteiger partial charge in [-0.05, 0) is 30.2 Å². The molecule has 2 heteroatoms. The largest absolute Gasteiger partial charge is 0.358 e. The first kappa shape index (κ1) is 14.5. The smallest absolute Gasteiger partial charge is 0.0459 e. The lowest BCUT2D eigenvalue weighted by Crippen LogP contribution is -2.41. The number of hydrogen-bond donors (Lipinski definition) is 1. The van der Waals surface area contributed by atoms with E-state index in [4.69, 9.17) is 0 Å². The maximum atomic E-state index is 3.69. The van der Waals surface area contributed by atoms with Gasteiger partial charge in [-0.3, -0.25) is 4.90 Å². The first-order valence-electron chi connectivity index (χ1n) is 8.41. The lowest BCUT2D eigenvalue weighted by molar-refractivity contribution is 0.185. The zero-order valence-corrected chi connectivity index (χ0v) is 14.2. The quantitative estimate of drug-likeness (QED) is 0.722. The van der Waals surface area contributed by atoms with Crippen LogP contribution in [0.25, 0.3) is 10.9 Å². The molecule has 118 valence electrons. The number of aromatic amines is 1. The van der Waals surface area contributed by atoms with Crippen LogP contribution in [0.5, 0.6) is 0 Å². The van der Waals surface area contributed by atoms with Crippen molar-refractivity contribution in [3.8, 4) is 0 Å². The van der Waals surface area contributed by atoms with E-state index in [0.717, 1.165) is 19.6 Å². The summed E-state index contributed by atoms with van der Waals surface area (Å²) in [5, 5.41) is 1.39. The second-order valence-electron chi connectivity index (χ2n) is 7.54. The van der Waals surface area contributed by atoms with Crippen LogP contribution < -0.4 is 0 Å². The Morgan fingerprint density at radius 3 is 2.65 bits per heavy atom.